The number of ketones is 1. The second-order valence-corrected chi connectivity index (χ2v) is 14.1. The summed E-state index contributed by atoms with van der Waals surface area (Å²) in [6.45, 7) is 12.3. The number of nitrogens with one attached hydrogen (secondary N) is 1. The number of thiophene rings is 1. The molecule has 3 rings (SSSR count). The second-order valence-electron chi connectivity index (χ2n) is 10.9. The van der Waals surface area contributed by atoms with Crippen molar-refractivity contribution in [1.82, 2.24) is 4.72 Å². The summed E-state index contributed by atoms with van der Waals surface area (Å²) in [6.07, 6.45) is 5.14. The van der Waals surface area contributed by atoms with Crippen LogP contribution in [0.5, 0.6) is 5.75 Å². The lowest BCUT2D eigenvalue weighted by molar-refractivity contribution is 0.0985. The van der Waals surface area contributed by atoms with E-state index >= 15 is 0 Å². The fourth-order valence-electron chi connectivity index (χ4n) is 5.04. The van der Waals surface area contributed by atoms with Gasteiger partial charge in [-0.25, -0.2) is 13.1 Å². The third-order valence-corrected chi connectivity index (χ3v) is 10.1. The van der Waals surface area contributed by atoms with Crippen LogP contribution in [-0.2, 0) is 42.1 Å². The van der Waals surface area contributed by atoms with Crippen molar-refractivity contribution in [2.45, 2.75) is 92.6 Å². The number of sulfonamides is 1. The first-order valence-corrected chi connectivity index (χ1v) is 15.9. The van der Waals surface area contributed by atoms with Crippen molar-refractivity contribution in [2.75, 3.05) is 18.9 Å². The van der Waals surface area contributed by atoms with Crippen molar-refractivity contribution in [3.63, 3.8) is 0 Å². The number of carbonyl (C=O) groups excluding carboxylic acids is 1. The average Bonchev–Trinajstić information content (AvgIpc) is 3.21. The third-order valence-electron chi connectivity index (χ3n) is 7.25. The summed E-state index contributed by atoms with van der Waals surface area (Å²) in [5.74, 6) is 0.933. The predicted molar refractivity (Wildman–Crippen MR) is 152 cm³/mol. The molecule has 2 aromatic rings. The number of aryl methyl sites for hydroxylation is 4. The molecule has 1 aromatic carbocycles. The van der Waals surface area contributed by atoms with Gasteiger partial charge in [0.15, 0.2) is 5.78 Å². The first kappa shape index (κ1) is 29.8. The summed E-state index contributed by atoms with van der Waals surface area (Å²) in [4.78, 5) is 15.7. The van der Waals surface area contributed by atoms with Gasteiger partial charge in [0.1, 0.15) is 18.5 Å². The average molecular weight is 550 g/mol. The highest BCUT2D eigenvalue weighted by atomic mass is 32.2. The Morgan fingerprint density at radius 1 is 1.19 bits per heavy atom. The van der Waals surface area contributed by atoms with E-state index in [-0.39, 0.29) is 24.7 Å². The zero-order chi connectivity index (χ0) is 27.4. The van der Waals surface area contributed by atoms with Gasteiger partial charge in [0.25, 0.3) is 0 Å². The summed E-state index contributed by atoms with van der Waals surface area (Å²) in [5, 5.41) is 10.2. The largest absolute Gasteiger partial charge is 0.490 e. The molecule has 0 amide bonds. The van der Waals surface area contributed by atoms with E-state index in [1.807, 2.05) is 13.8 Å². The van der Waals surface area contributed by atoms with E-state index in [4.69, 9.17) is 4.74 Å². The number of hydrogen-bond donors (Lipinski definition) is 2. The van der Waals surface area contributed by atoms with Crippen molar-refractivity contribution in [3.8, 4) is 5.75 Å². The highest BCUT2D eigenvalue weighted by Crippen LogP contribution is 2.42. The monoisotopic (exact) mass is 549 g/mol. The number of Topliss-reactive ketones (excluding diaryl/α,β-unsaturated/α-hetero) is 1. The first-order chi connectivity index (χ1) is 17.4. The molecule has 1 aliphatic carbocycles. The molecule has 0 saturated heterocycles. The van der Waals surface area contributed by atoms with Crippen LogP contribution in [0.4, 0.5) is 0 Å². The Morgan fingerprint density at radius 2 is 1.92 bits per heavy atom. The Kier molecular flexibility index (Phi) is 10.00. The molecule has 2 N–H and O–H groups in total. The number of benzene rings is 1. The van der Waals surface area contributed by atoms with E-state index in [0.29, 0.717) is 18.3 Å². The number of fused-ring (bicyclic) bond motifs is 1. The molecule has 0 aliphatic heterocycles. The van der Waals surface area contributed by atoms with Crippen LogP contribution in [0.25, 0.3) is 0 Å². The topological polar surface area (TPSA) is 92.7 Å². The van der Waals surface area contributed by atoms with Crippen LogP contribution in [-0.4, -0.2) is 44.3 Å². The Morgan fingerprint density at radius 3 is 2.57 bits per heavy atom. The molecule has 37 heavy (non-hydrogen) atoms. The van der Waals surface area contributed by atoms with Crippen molar-refractivity contribution >= 4 is 27.1 Å². The Labute approximate surface area is 226 Å². The van der Waals surface area contributed by atoms with E-state index in [1.165, 1.54) is 16.0 Å². The number of rotatable bonds is 13. The lowest BCUT2D eigenvalue weighted by Crippen LogP contribution is -2.36. The molecular formula is C29H43NO5S2. The van der Waals surface area contributed by atoms with Gasteiger partial charge in [-0.3, -0.25) is 4.79 Å². The van der Waals surface area contributed by atoms with Crippen molar-refractivity contribution in [2.24, 2.45) is 5.41 Å². The van der Waals surface area contributed by atoms with Crippen LogP contribution in [0.2, 0.25) is 0 Å². The molecule has 8 heteroatoms. The summed E-state index contributed by atoms with van der Waals surface area (Å²) in [6, 6.07) is 4.14. The van der Waals surface area contributed by atoms with Crippen LogP contribution in [0.1, 0.15) is 89.8 Å². The van der Waals surface area contributed by atoms with Crippen LogP contribution in [0.15, 0.2) is 12.1 Å². The van der Waals surface area contributed by atoms with Gasteiger partial charge >= 0.3 is 0 Å². The fourth-order valence-corrected chi connectivity index (χ4v) is 6.96. The molecule has 0 radical (unpaired) electrons. The maximum atomic E-state index is 13.3. The van der Waals surface area contributed by atoms with Gasteiger partial charge in [-0.15, -0.1) is 11.3 Å². The number of carbonyl (C=O) groups is 1. The summed E-state index contributed by atoms with van der Waals surface area (Å²) >= 11 is 1.71. The van der Waals surface area contributed by atoms with Gasteiger partial charge in [-0.05, 0) is 85.6 Å². The lowest BCUT2D eigenvalue weighted by Gasteiger charge is -2.30. The minimum Gasteiger partial charge on any atom is -0.490 e. The Balaban J connectivity index is 1.66. The van der Waals surface area contributed by atoms with E-state index in [0.717, 1.165) is 59.4 Å². The molecule has 0 bridgehead atoms. The summed E-state index contributed by atoms with van der Waals surface area (Å²) < 4.78 is 31.5. The van der Waals surface area contributed by atoms with Crippen molar-refractivity contribution < 1.29 is 23.1 Å². The maximum Gasteiger partial charge on any atom is 0.211 e. The van der Waals surface area contributed by atoms with E-state index in [1.54, 1.807) is 18.3 Å². The predicted octanol–water partition coefficient (Wildman–Crippen LogP) is 5.19. The molecule has 0 saturated carbocycles. The van der Waals surface area contributed by atoms with Crippen LogP contribution >= 0.6 is 11.3 Å². The van der Waals surface area contributed by atoms with Crippen LogP contribution in [0, 0.1) is 12.3 Å². The third kappa shape index (κ3) is 7.65. The first-order valence-electron chi connectivity index (χ1n) is 13.5. The second kappa shape index (κ2) is 12.4. The molecule has 1 aromatic heterocycles. The fraction of sp³-hybridized carbons (Fsp3) is 0.621. The molecule has 0 spiro atoms. The number of aliphatic hydroxyl groups is 1. The normalized spacial score (nSPS) is 15.9. The highest BCUT2D eigenvalue weighted by Gasteiger charge is 2.31. The van der Waals surface area contributed by atoms with Crippen LogP contribution < -0.4 is 9.46 Å². The molecule has 1 aliphatic rings. The van der Waals surface area contributed by atoms with Gasteiger partial charge in [0.05, 0.1) is 10.6 Å². The summed E-state index contributed by atoms with van der Waals surface area (Å²) in [7, 11) is -3.36. The lowest BCUT2D eigenvalue weighted by atomic mass is 9.74. The number of hydrogen-bond acceptors (Lipinski definition) is 6. The number of aliphatic hydroxyl groups excluding tert-OH is 1. The smallest absolute Gasteiger partial charge is 0.211 e. The van der Waals surface area contributed by atoms with Crippen LogP contribution in [0.3, 0.4) is 0 Å². The molecule has 0 fully saturated rings. The highest BCUT2D eigenvalue weighted by molar-refractivity contribution is 7.89. The molecule has 1 unspecified atom stereocenters. The molecular weight excluding hydrogens is 506 g/mol. The molecule has 1 atom stereocenters. The van der Waals surface area contributed by atoms with E-state index in [9.17, 15) is 18.3 Å². The van der Waals surface area contributed by atoms with Crippen molar-refractivity contribution in [1.29, 1.82) is 0 Å². The minimum atomic E-state index is -3.36. The molecule has 1 heterocycles. The molecule has 206 valence electrons. The number of ether oxygens (including phenoxy) is 1. The Hall–Kier alpha value is -1.74. The zero-order valence-electron chi connectivity index (χ0n) is 23.2. The van der Waals surface area contributed by atoms with Gasteiger partial charge in [-0.1, -0.05) is 39.8 Å². The van der Waals surface area contributed by atoms with Gasteiger partial charge < -0.3 is 9.84 Å². The van der Waals surface area contributed by atoms with Gasteiger partial charge in [-0.2, -0.15) is 0 Å². The van der Waals surface area contributed by atoms with Crippen molar-refractivity contribution in [3.05, 3.63) is 49.7 Å². The van der Waals surface area contributed by atoms with Gasteiger partial charge in [0, 0.05) is 17.8 Å². The quantitative estimate of drug-likeness (QED) is 0.336. The summed E-state index contributed by atoms with van der Waals surface area (Å²) in [5.41, 5.74) is 6.12. The molecule has 6 nitrogen and oxygen atoms in total. The standard InChI is InChI=1S/C29H43NO5S2/c1-7-21-15-20(14-19(4)27(21)35-18-22(31)17-30-37(33,34)9-3)10-11-25(32)28-23-12-13-29(5,6)16-24(23)26(8-2)36-28/h14-15,22,30-31H,7-13,16-18H2,1-6H3. The minimum absolute atomic E-state index is 0.00202. The zero-order valence-corrected chi connectivity index (χ0v) is 24.8. The Bertz CT molecular complexity index is 1210. The van der Waals surface area contributed by atoms with Gasteiger partial charge in [0.2, 0.25) is 10.0 Å². The maximum absolute atomic E-state index is 13.3. The van der Waals surface area contributed by atoms with E-state index in [2.05, 4.69) is 37.6 Å². The SMILES string of the molecule is CCc1cc(CCC(=O)c2sc(CC)c3c2CCC(C)(C)C3)cc(C)c1OCC(O)CNS(=O)(=O)CC. The van der Waals surface area contributed by atoms with E-state index < -0.39 is 16.1 Å².